The number of hydrogen-bond donors (Lipinski definition) is 1. The fourth-order valence-corrected chi connectivity index (χ4v) is 1.45. The summed E-state index contributed by atoms with van der Waals surface area (Å²) in [5, 5.41) is 0. The van der Waals surface area contributed by atoms with Crippen LogP contribution in [0.4, 0.5) is 0 Å². The van der Waals surface area contributed by atoms with Crippen LogP contribution in [0.15, 0.2) is 24.3 Å². The average molecular weight is 224 g/mol. The van der Waals surface area contributed by atoms with Crippen molar-refractivity contribution in [2.45, 2.75) is 19.3 Å². The molecule has 0 spiro atoms. The first-order valence-electron chi connectivity index (χ1n) is 5.15. The monoisotopic (exact) mass is 224 g/mol. The van der Waals surface area contributed by atoms with Gasteiger partial charge in [0.05, 0.1) is 6.61 Å². The minimum atomic E-state index is 0.678. The molecule has 0 aliphatic heterocycles. The Kier molecular flexibility index (Phi) is 5.93. The highest BCUT2D eigenvalue weighted by molar-refractivity contribution is 7.80. The van der Waals surface area contributed by atoms with E-state index in [-0.39, 0.29) is 0 Å². The molecule has 0 radical (unpaired) electrons. The van der Waals surface area contributed by atoms with E-state index in [2.05, 4.69) is 12.6 Å². The highest BCUT2D eigenvalue weighted by Gasteiger charge is 1.94. The van der Waals surface area contributed by atoms with Crippen LogP contribution >= 0.6 is 12.6 Å². The van der Waals surface area contributed by atoms with Crippen molar-refractivity contribution in [1.82, 2.24) is 0 Å². The van der Waals surface area contributed by atoms with Crippen molar-refractivity contribution in [3.05, 3.63) is 29.8 Å². The number of hydrogen-bond acceptors (Lipinski definition) is 3. The second kappa shape index (κ2) is 7.35. The zero-order chi connectivity index (χ0) is 10.9. The van der Waals surface area contributed by atoms with Crippen LogP contribution in [0.3, 0.4) is 0 Å². The molecular formula is C12H16O2S. The molecule has 0 amide bonds. The molecule has 0 unspecified atom stereocenters. The van der Waals surface area contributed by atoms with Gasteiger partial charge in [0.1, 0.15) is 12.0 Å². The molecule has 1 aromatic carbocycles. The molecule has 0 aromatic heterocycles. The van der Waals surface area contributed by atoms with E-state index in [1.807, 2.05) is 12.1 Å². The standard InChI is InChI=1S/C12H16O2S/c13-10-11-4-6-12(7-5-11)14-8-2-1-3-9-15/h4-7,10,15H,1-3,8-9H2. The Labute approximate surface area is 96.1 Å². The maximum absolute atomic E-state index is 10.4. The maximum Gasteiger partial charge on any atom is 0.150 e. The van der Waals surface area contributed by atoms with Gasteiger partial charge in [0.15, 0.2) is 0 Å². The predicted molar refractivity (Wildman–Crippen MR) is 65.0 cm³/mol. The minimum absolute atomic E-state index is 0.678. The van der Waals surface area contributed by atoms with Crippen LogP contribution in [0, 0.1) is 0 Å². The third-order valence-electron chi connectivity index (χ3n) is 2.09. The number of ether oxygens (including phenoxy) is 1. The Bertz CT molecular complexity index is 282. The molecule has 0 fully saturated rings. The fourth-order valence-electron chi connectivity index (χ4n) is 1.22. The van der Waals surface area contributed by atoms with Crippen LogP contribution in [0.1, 0.15) is 29.6 Å². The maximum atomic E-state index is 10.4. The summed E-state index contributed by atoms with van der Waals surface area (Å²) in [4.78, 5) is 10.4. The lowest BCUT2D eigenvalue weighted by atomic mass is 10.2. The predicted octanol–water partition coefficient (Wildman–Crippen LogP) is 2.98. The molecule has 3 heteroatoms. The number of rotatable bonds is 7. The third-order valence-corrected chi connectivity index (χ3v) is 2.40. The normalized spacial score (nSPS) is 9.93. The summed E-state index contributed by atoms with van der Waals surface area (Å²) in [6.07, 6.45) is 4.17. The molecule has 0 atom stereocenters. The molecule has 0 aliphatic carbocycles. The summed E-state index contributed by atoms with van der Waals surface area (Å²) < 4.78 is 5.51. The summed E-state index contributed by atoms with van der Waals surface area (Å²) in [6, 6.07) is 7.16. The number of benzene rings is 1. The number of carbonyl (C=O) groups is 1. The van der Waals surface area contributed by atoms with Gasteiger partial charge in [-0.25, -0.2) is 0 Å². The second-order valence-electron chi connectivity index (χ2n) is 3.32. The molecule has 1 rings (SSSR count). The summed E-state index contributed by atoms with van der Waals surface area (Å²) in [6.45, 7) is 0.730. The summed E-state index contributed by atoms with van der Waals surface area (Å²) >= 11 is 4.14. The van der Waals surface area contributed by atoms with Gasteiger partial charge < -0.3 is 4.74 Å². The Morgan fingerprint density at radius 3 is 2.47 bits per heavy atom. The van der Waals surface area contributed by atoms with Crippen LogP contribution < -0.4 is 4.74 Å². The first kappa shape index (κ1) is 12.1. The molecule has 0 aliphatic rings. The van der Waals surface area contributed by atoms with Gasteiger partial charge in [-0.1, -0.05) is 0 Å². The highest BCUT2D eigenvalue weighted by atomic mass is 32.1. The number of carbonyl (C=O) groups excluding carboxylic acids is 1. The molecule has 15 heavy (non-hydrogen) atoms. The fraction of sp³-hybridized carbons (Fsp3) is 0.417. The van der Waals surface area contributed by atoms with E-state index in [4.69, 9.17) is 4.74 Å². The molecule has 1 aromatic rings. The molecule has 82 valence electrons. The second-order valence-corrected chi connectivity index (χ2v) is 3.77. The zero-order valence-electron chi connectivity index (χ0n) is 8.69. The van der Waals surface area contributed by atoms with Crippen LogP contribution in [0.25, 0.3) is 0 Å². The van der Waals surface area contributed by atoms with Gasteiger partial charge in [0.25, 0.3) is 0 Å². The number of thiol groups is 1. The van der Waals surface area contributed by atoms with Crippen molar-refractivity contribution in [2.24, 2.45) is 0 Å². The lowest BCUT2D eigenvalue weighted by Crippen LogP contribution is -1.97. The van der Waals surface area contributed by atoms with Crippen molar-refractivity contribution in [3.8, 4) is 5.75 Å². The van der Waals surface area contributed by atoms with Gasteiger partial charge in [-0.3, -0.25) is 4.79 Å². The van der Waals surface area contributed by atoms with E-state index >= 15 is 0 Å². The lowest BCUT2D eigenvalue weighted by molar-refractivity contribution is 0.112. The third kappa shape index (κ3) is 4.88. The van der Waals surface area contributed by atoms with Crippen molar-refractivity contribution in [2.75, 3.05) is 12.4 Å². The van der Waals surface area contributed by atoms with E-state index in [1.165, 1.54) is 0 Å². The van der Waals surface area contributed by atoms with Gasteiger partial charge in [-0.15, -0.1) is 0 Å². The molecular weight excluding hydrogens is 208 g/mol. The first-order valence-corrected chi connectivity index (χ1v) is 5.79. The van der Waals surface area contributed by atoms with Crippen LogP contribution in [0.2, 0.25) is 0 Å². The molecule has 2 nitrogen and oxygen atoms in total. The molecule has 0 saturated carbocycles. The molecule has 0 heterocycles. The van der Waals surface area contributed by atoms with Gasteiger partial charge in [-0.2, -0.15) is 12.6 Å². The SMILES string of the molecule is O=Cc1ccc(OCCCCCS)cc1. The topological polar surface area (TPSA) is 26.3 Å². The van der Waals surface area contributed by atoms with Crippen molar-refractivity contribution < 1.29 is 9.53 Å². The Hall–Kier alpha value is -0.960. The van der Waals surface area contributed by atoms with Crippen LogP contribution in [-0.2, 0) is 0 Å². The first-order chi connectivity index (χ1) is 7.36. The van der Waals surface area contributed by atoms with Crippen molar-refractivity contribution >= 4 is 18.9 Å². The summed E-state index contributed by atoms with van der Waals surface area (Å²) in [7, 11) is 0. The highest BCUT2D eigenvalue weighted by Crippen LogP contribution is 2.11. The lowest BCUT2D eigenvalue weighted by Gasteiger charge is -2.05. The Morgan fingerprint density at radius 2 is 1.87 bits per heavy atom. The summed E-state index contributed by atoms with van der Waals surface area (Å²) in [5.74, 6) is 1.76. The van der Waals surface area contributed by atoms with E-state index in [0.29, 0.717) is 5.56 Å². The quantitative estimate of drug-likeness (QED) is 0.438. The van der Waals surface area contributed by atoms with E-state index < -0.39 is 0 Å². The van der Waals surface area contributed by atoms with Crippen molar-refractivity contribution in [1.29, 1.82) is 0 Å². The van der Waals surface area contributed by atoms with Crippen molar-refractivity contribution in [3.63, 3.8) is 0 Å². The van der Waals surface area contributed by atoms with E-state index in [0.717, 1.165) is 43.7 Å². The average Bonchev–Trinajstić information content (AvgIpc) is 2.30. The Morgan fingerprint density at radius 1 is 1.13 bits per heavy atom. The molecule has 0 bridgehead atoms. The van der Waals surface area contributed by atoms with E-state index in [1.54, 1.807) is 12.1 Å². The zero-order valence-corrected chi connectivity index (χ0v) is 9.58. The van der Waals surface area contributed by atoms with Gasteiger partial charge in [0, 0.05) is 5.56 Å². The largest absolute Gasteiger partial charge is 0.494 e. The molecule has 0 N–H and O–H groups in total. The smallest absolute Gasteiger partial charge is 0.150 e. The van der Waals surface area contributed by atoms with Gasteiger partial charge in [-0.05, 0) is 49.3 Å². The van der Waals surface area contributed by atoms with Gasteiger partial charge >= 0.3 is 0 Å². The van der Waals surface area contributed by atoms with E-state index in [9.17, 15) is 4.79 Å². The number of aldehydes is 1. The summed E-state index contributed by atoms with van der Waals surface area (Å²) in [5.41, 5.74) is 0.678. The molecule has 0 saturated heterocycles. The Balaban J connectivity index is 2.22. The minimum Gasteiger partial charge on any atom is -0.494 e. The van der Waals surface area contributed by atoms with Crippen LogP contribution in [-0.4, -0.2) is 18.6 Å². The number of unbranched alkanes of at least 4 members (excludes halogenated alkanes) is 2. The van der Waals surface area contributed by atoms with Gasteiger partial charge in [0.2, 0.25) is 0 Å². The van der Waals surface area contributed by atoms with Crippen LogP contribution in [0.5, 0.6) is 5.75 Å².